The Morgan fingerprint density at radius 3 is 2.36 bits per heavy atom. The third-order valence-corrected chi connectivity index (χ3v) is 3.78. The molecule has 0 unspecified atom stereocenters. The summed E-state index contributed by atoms with van der Waals surface area (Å²) in [6, 6.07) is 5.06. The van der Waals surface area contributed by atoms with E-state index in [0.717, 1.165) is 6.42 Å². The van der Waals surface area contributed by atoms with Crippen LogP contribution in [0.1, 0.15) is 41.0 Å². The minimum atomic E-state index is -0.550. The maximum atomic E-state index is 10.1. The number of rotatable bonds is 7. The van der Waals surface area contributed by atoms with Crippen molar-refractivity contribution in [3.63, 3.8) is 0 Å². The number of quaternary nitrogens is 1. The molecule has 0 spiro atoms. The molecule has 0 amide bonds. The van der Waals surface area contributed by atoms with Gasteiger partial charge in [0.2, 0.25) is 0 Å². The van der Waals surface area contributed by atoms with Crippen molar-refractivity contribution in [3.8, 4) is 5.75 Å². The second-order valence-corrected chi connectivity index (χ2v) is 8.55. The normalized spacial score (nSPS) is 14.0. The Balaban J connectivity index is 2.42. The number of ether oxygens (including phenoxy) is 1. The van der Waals surface area contributed by atoms with Crippen LogP contribution in [-0.2, 0) is 0 Å². The Bertz CT molecular complexity index is 484. The maximum Gasteiger partial charge on any atom is 0.138 e. The Morgan fingerprint density at radius 1 is 1.18 bits per heavy atom. The average Bonchev–Trinajstić information content (AvgIpc) is 2.32. The fourth-order valence-corrected chi connectivity index (χ4v) is 3.20. The van der Waals surface area contributed by atoms with Crippen molar-refractivity contribution in [2.75, 3.05) is 13.2 Å². The van der Waals surface area contributed by atoms with Crippen molar-refractivity contribution in [1.29, 1.82) is 0 Å². The van der Waals surface area contributed by atoms with Crippen molar-refractivity contribution in [2.45, 2.75) is 52.7 Å². The van der Waals surface area contributed by atoms with Crippen LogP contribution in [0.3, 0.4) is 0 Å². The Hall–Kier alpha value is -0.480. The molecule has 0 saturated carbocycles. The monoisotopic (exact) mass is 348 g/mol. The van der Waals surface area contributed by atoms with E-state index < -0.39 is 6.10 Å². The lowest BCUT2D eigenvalue weighted by molar-refractivity contribution is -0.727. The van der Waals surface area contributed by atoms with Crippen LogP contribution in [0.5, 0.6) is 5.75 Å². The highest BCUT2D eigenvalue weighted by Crippen LogP contribution is 2.27. The molecule has 5 heteroatoms. The van der Waals surface area contributed by atoms with E-state index in [9.17, 15) is 5.11 Å². The molecule has 0 aliphatic rings. The lowest BCUT2D eigenvalue weighted by Crippen LogP contribution is -2.97. The topological polar surface area (TPSA) is 46.1 Å². The van der Waals surface area contributed by atoms with Gasteiger partial charge < -0.3 is 15.2 Å². The quantitative estimate of drug-likeness (QED) is 0.791. The summed E-state index contributed by atoms with van der Waals surface area (Å²) in [5.41, 5.74) is 0.343. The number of aliphatic hydroxyl groups is 1. The van der Waals surface area contributed by atoms with Crippen molar-refractivity contribution >= 4 is 23.2 Å². The Labute approximate surface area is 144 Å². The van der Waals surface area contributed by atoms with E-state index in [0.29, 0.717) is 22.3 Å². The lowest BCUT2D eigenvalue weighted by atomic mass is 9.82. The summed E-state index contributed by atoms with van der Waals surface area (Å²) < 4.78 is 5.56. The molecule has 1 aromatic carbocycles. The van der Waals surface area contributed by atoms with Gasteiger partial charge in [0.25, 0.3) is 0 Å². The highest BCUT2D eigenvalue weighted by atomic mass is 35.5. The molecule has 0 aliphatic carbocycles. The standard InChI is InChI=1S/C17H27Cl2NO2/c1-16(2,3)11-17(4,5)20-9-13(21)10-22-15-7-6-12(18)8-14(15)19/h6-8,13,20-21H,9-11H2,1-5H3/p+1/t13-/m0/s1. The van der Waals surface area contributed by atoms with E-state index >= 15 is 0 Å². The highest BCUT2D eigenvalue weighted by molar-refractivity contribution is 6.35. The van der Waals surface area contributed by atoms with Crippen LogP contribution in [0.15, 0.2) is 18.2 Å². The molecule has 0 radical (unpaired) electrons. The zero-order chi connectivity index (χ0) is 17.0. The highest BCUT2D eigenvalue weighted by Gasteiger charge is 2.29. The van der Waals surface area contributed by atoms with Crippen molar-refractivity contribution in [1.82, 2.24) is 0 Å². The lowest BCUT2D eigenvalue weighted by Gasteiger charge is -2.31. The van der Waals surface area contributed by atoms with Crippen molar-refractivity contribution < 1.29 is 15.2 Å². The van der Waals surface area contributed by atoms with Gasteiger partial charge in [-0.05, 0) is 37.5 Å². The number of hydrogen-bond donors (Lipinski definition) is 2. The van der Waals surface area contributed by atoms with E-state index in [1.807, 2.05) is 0 Å². The average molecular weight is 349 g/mol. The van der Waals surface area contributed by atoms with Crippen LogP contribution >= 0.6 is 23.2 Å². The Morgan fingerprint density at radius 2 is 1.82 bits per heavy atom. The van der Waals surface area contributed by atoms with Gasteiger partial charge in [0.15, 0.2) is 0 Å². The molecule has 0 saturated heterocycles. The predicted molar refractivity (Wildman–Crippen MR) is 92.9 cm³/mol. The number of halogens is 2. The molecular formula is C17H28Cl2NO2+. The first kappa shape index (κ1) is 19.6. The molecule has 126 valence electrons. The van der Waals surface area contributed by atoms with Gasteiger partial charge in [-0.2, -0.15) is 0 Å². The van der Waals surface area contributed by atoms with Crippen LogP contribution in [0.25, 0.3) is 0 Å². The van der Waals surface area contributed by atoms with Gasteiger partial charge in [-0.3, -0.25) is 0 Å². The van der Waals surface area contributed by atoms with Gasteiger partial charge in [-0.25, -0.2) is 0 Å². The summed E-state index contributed by atoms with van der Waals surface area (Å²) in [5, 5.41) is 13.3. The van der Waals surface area contributed by atoms with E-state index in [4.69, 9.17) is 27.9 Å². The fourth-order valence-electron chi connectivity index (χ4n) is 2.74. The predicted octanol–water partition coefficient (Wildman–Crippen LogP) is 3.51. The first-order chi connectivity index (χ1) is 9.98. The van der Waals surface area contributed by atoms with E-state index in [1.165, 1.54) is 0 Å². The fraction of sp³-hybridized carbons (Fsp3) is 0.647. The maximum absolute atomic E-state index is 10.1. The SMILES string of the molecule is CC(C)(C)CC(C)(C)[NH2+]C[C@H](O)COc1ccc(Cl)cc1Cl. The van der Waals surface area contributed by atoms with Crippen LogP contribution < -0.4 is 10.1 Å². The number of nitrogens with two attached hydrogens (primary N) is 1. The van der Waals surface area contributed by atoms with Gasteiger partial charge in [0.1, 0.15) is 25.0 Å². The zero-order valence-electron chi connectivity index (χ0n) is 14.1. The summed E-state index contributed by atoms with van der Waals surface area (Å²) in [7, 11) is 0. The van der Waals surface area contributed by atoms with Gasteiger partial charge >= 0.3 is 0 Å². The second-order valence-electron chi connectivity index (χ2n) is 7.71. The molecule has 22 heavy (non-hydrogen) atoms. The molecule has 1 atom stereocenters. The van der Waals surface area contributed by atoms with Gasteiger partial charge in [0, 0.05) is 11.4 Å². The first-order valence-corrected chi connectivity index (χ1v) is 8.34. The van der Waals surface area contributed by atoms with Gasteiger partial charge in [0.05, 0.1) is 10.6 Å². The van der Waals surface area contributed by atoms with Gasteiger partial charge in [-0.15, -0.1) is 0 Å². The third kappa shape index (κ3) is 7.68. The van der Waals surface area contributed by atoms with Crippen LogP contribution in [0, 0.1) is 5.41 Å². The van der Waals surface area contributed by atoms with E-state index in [1.54, 1.807) is 18.2 Å². The smallest absolute Gasteiger partial charge is 0.138 e. The van der Waals surface area contributed by atoms with Crippen LogP contribution in [-0.4, -0.2) is 29.9 Å². The van der Waals surface area contributed by atoms with E-state index in [-0.39, 0.29) is 17.6 Å². The molecule has 3 nitrogen and oxygen atoms in total. The summed E-state index contributed by atoms with van der Waals surface area (Å²) >= 11 is 11.9. The molecule has 1 rings (SSSR count). The van der Waals surface area contributed by atoms with Crippen molar-refractivity contribution in [3.05, 3.63) is 28.2 Å². The summed E-state index contributed by atoms with van der Waals surface area (Å²) in [5.74, 6) is 0.541. The van der Waals surface area contributed by atoms with Crippen molar-refractivity contribution in [2.24, 2.45) is 5.41 Å². The largest absolute Gasteiger partial charge is 0.489 e. The molecule has 0 fully saturated rings. The van der Waals surface area contributed by atoms with Crippen LogP contribution in [0.2, 0.25) is 10.0 Å². The number of benzene rings is 1. The minimum absolute atomic E-state index is 0.0805. The molecule has 3 N–H and O–H groups in total. The minimum Gasteiger partial charge on any atom is -0.489 e. The van der Waals surface area contributed by atoms with E-state index in [2.05, 4.69) is 39.9 Å². The summed E-state index contributed by atoms with van der Waals surface area (Å²) in [6.45, 7) is 11.9. The molecular weight excluding hydrogens is 321 g/mol. The Kier molecular flexibility index (Phi) is 7.00. The molecule has 0 aliphatic heterocycles. The molecule has 0 bridgehead atoms. The zero-order valence-corrected chi connectivity index (χ0v) is 15.6. The molecule has 1 aromatic rings. The summed E-state index contributed by atoms with van der Waals surface area (Å²) in [6.07, 6.45) is 0.516. The summed E-state index contributed by atoms with van der Waals surface area (Å²) in [4.78, 5) is 0. The first-order valence-electron chi connectivity index (χ1n) is 7.59. The molecule has 0 aromatic heterocycles. The van der Waals surface area contributed by atoms with Gasteiger partial charge in [-0.1, -0.05) is 44.0 Å². The number of hydrogen-bond acceptors (Lipinski definition) is 2. The number of aliphatic hydroxyl groups excluding tert-OH is 1. The second kappa shape index (κ2) is 7.87. The van der Waals surface area contributed by atoms with Crippen LogP contribution in [0.4, 0.5) is 0 Å². The molecule has 0 heterocycles. The third-order valence-electron chi connectivity index (χ3n) is 3.25.